The molecule has 0 heterocycles. The van der Waals surface area contributed by atoms with Gasteiger partial charge in [0.2, 0.25) is 0 Å². The summed E-state index contributed by atoms with van der Waals surface area (Å²) in [4.78, 5) is 0. The average Bonchev–Trinajstić information content (AvgIpc) is 2.59. The molecular weight excluding hydrogens is 96.1 g/mol. The van der Waals surface area contributed by atoms with Crippen molar-refractivity contribution in [2.75, 3.05) is 0 Å². The van der Waals surface area contributed by atoms with E-state index in [9.17, 15) is 0 Å². The molecule has 0 aromatic heterocycles. The molecular formula is C8H12. The van der Waals surface area contributed by atoms with Gasteiger partial charge in [0.05, 0.1) is 0 Å². The third-order valence-corrected chi connectivity index (χ3v) is 3.41. The van der Waals surface area contributed by atoms with E-state index in [1.165, 1.54) is 23.7 Å². The van der Waals surface area contributed by atoms with Gasteiger partial charge in [-0.2, -0.15) is 0 Å². The molecule has 3 fully saturated rings. The molecule has 44 valence electrons. The van der Waals surface area contributed by atoms with Crippen LogP contribution in [0.3, 0.4) is 0 Å². The molecule has 0 aromatic rings. The van der Waals surface area contributed by atoms with Crippen molar-refractivity contribution in [3.8, 4) is 0 Å². The molecule has 3 aliphatic rings. The average molecular weight is 108 g/mol. The Balaban J connectivity index is 1.89. The van der Waals surface area contributed by atoms with E-state index in [2.05, 4.69) is 0 Å². The Labute approximate surface area is 50.3 Å². The first kappa shape index (κ1) is 3.92. The van der Waals surface area contributed by atoms with Gasteiger partial charge < -0.3 is 0 Å². The molecule has 3 aliphatic carbocycles. The summed E-state index contributed by atoms with van der Waals surface area (Å²) in [6, 6.07) is 0. The van der Waals surface area contributed by atoms with Gasteiger partial charge in [0.1, 0.15) is 0 Å². The number of hydrogen-bond acceptors (Lipinski definition) is 0. The third-order valence-electron chi connectivity index (χ3n) is 3.41. The monoisotopic (exact) mass is 108 g/mol. The van der Waals surface area contributed by atoms with E-state index >= 15 is 0 Å². The molecule has 0 aliphatic heterocycles. The predicted octanol–water partition coefficient (Wildman–Crippen LogP) is 2.05. The van der Waals surface area contributed by atoms with Crippen molar-refractivity contribution < 1.29 is 0 Å². The summed E-state index contributed by atoms with van der Waals surface area (Å²) >= 11 is 0. The topological polar surface area (TPSA) is 0 Å². The fraction of sp³-hybridized carbons (Fsp3) is 1.00. The molecule has 0 radical (unpaired) electrons. The fourth-order valence-electron chi connectivity index (χ4n) is 2.68. The van der Waals surface area contributed by atoms with E-state index in [-0.39, 0.29) is 0 Å². The lowest BCUT2D eigenvalue weighted by molar-refractivity contribution is 0.456. The Morgan fingerprint density at radius 3 is 1.75 bits per heavy atom. The van der Waals surface area contributed by atoms with Crippen molar-refractivity contribution in [3.63, 3.8) is 0 Å². The van der Waals surface area contributed by atoms with Crippen LogP contribution in [-0.4, -0.2) is 0 Å². The lowest BCUT2D eigenvalue weighted by Gasteiger charge is -2.04. The van der Waals surface area contributed by atoms with Gasteiger partial charge in [-0.15, -0.1) is 0 Å². The summed E-state index contributed by atoms with van der Waals surface area (Å²) in [5.41, 5.74) is 0. The zero-order valence-corrected chi connectivity index (χ0v) is 5.14. The molecule has 4 atom stereocenters. The van der Waals surface area contributed by atoms with E-state index in [1.807, 2.05) is 0 Å². The van der Waals surface area contributed by atoms with Gasteiger partial charge in [0.15, 0.2) is 0 Å². The summed E-state index contributed by atoms with van der Waals surface area (Å²) in [5, 5.41) is 0. The van der Waals surface area contributed by atoms with Crippen LogP contribution in [0.15, 0.2) is 0 Å². The first-order chi connectivity index (χ1) is 3.95. The highest BCUT2D eigenvalue weighted by Crippen LogP contribution is 2.65. The van der Waals surface area contributed by atoms with Crippen LogP contribution in [-0.2, 0) is 0 Å². The smallest absolute Gasteiger partial charge is 0.0352 e. The molecule has 0 bridgehead atoms. The zero-order chi connectivity index (χ0) is 5.14. The van der Waals surface area contributed by atoms with Gasteiger partial charge in [-0.1, -0.05) is 0 Å². The van der Waals surface area contributed by atoms with Gasteiger partial charge >= 0.3 is 0 Å². The molecule has 8 heavy (non-hydrogen) atoms. The fourth-order valence-corrected chi connectivity index (χ4v) is 2.68. The molecule has 2 unspecified atom stereocenters. The van der Waals surface area contributed by atoms with Crippen LogP contribution < -0.4 is 0 Å². The molecule has 0 nitrogen and oxygen atoms in total. The lowest BCUT2D eigenvalue weighted by Crippen LogP contribution is -1.96. The molecule has 3 rings (SSSR count). The Morgan fingerprint density at radius 1 is 0.750 bits per heavy atom. The number of rotatable bonds is 0. The molecule has 0 heteroatoms. The van der Waals surface area contributed by atoms with Crippen LogP contribution in [0, 0.1) is 23.7 Å². The van der Waals surface area contributed by atoms with E-state index in [0.717, 1.165) is 0 Å². The Kier molecular flexibility index (Phi) is 0.482. The SMILES string of the molecule is C1C[C@H]2C[C@H]2C2CC12. The molecule has 0 saturated heterocycles. The maximum absolute atomic E-state index is 1.61. The molecule has 3 saturated carbocycles. The van der Waals surface area contributed by atoms with Crippen molar-refractivity contribution >= 4 is 0 Å². The van der Waals surface area contributed by atoms with Crippen LogP contribution in [0.25, 0.3) is 0 Å². The highest BCUT2D eigenvalue weighted by atomic mass is 14.6. The summed E-state index contributed by atoms with van der Waals surface area (Å²) in [5.74, 6) is 4.93. The zero-order valence-electron chi connectivity index (χ0n) is 5.14. The Bertz CT molecular complexity index is 112. The minimum absolute atomic E-state index is 1.22. The van der Waals surface area contributed by atoms with E-state index in [4.69, 9.17) is 0 Å². The highest BCUT2D eigenvalue weighted by molar-refractivity contribution is 5.06. The summed E-state index contributed by atoms with van der Waals surface area (Å²) in [6.07, 6.45) is 6.40. The number of hydrogen-bond donors (Lipinski definition) is 0. The second-order valence-corrected chi connectivity index (χ2v) is 3.90. The van der Waals surface area contributed by atoms with Gasteiger partial charge in [-0.25, -0.2) is 0 Å². The molecule has 0 amide bonds. The van der Waals surface area contributed by atoms with Crippen LogP contribution in [0.2, 0.25) is 0 Å². The van der Waals surface area contributed by atoms with E-state index in [0.29, 0.717) is 0 Å². The first-order valence-corrected chi connectivity index (χ1v) is 3.95. The summed E-state index contributed by atoms with van der Waals surface area (Å²) in [6.45, 7) is 0. The lowest BCUT2D eigenvalue weighted by atomic mass is 10.0. The normalized spacial score (nSPS) is 66.0. The molecule has 0 spiro atoms. The maximum atomic E-state index is 1.61. The Morgan fingerprint density at radius 2 is 1.25 bits per heavy atom. The van der Waals surface area contributed by atoms with E-state index < -0.39 is 0 Å². The van der Waals surface area contributed by atoms with Crippen molar-refractivity contribution in [1.29, 1.82) is 0 Å². The standard InChI is InChI=1S/C8H12/c1-2-6-4-8(6)7-3-5(1)7/h5-8H,1-4H2/t5-,6?,7+,8?/m0/s1. The van der Waals surface area contributed by atoms with Gasteiger partial charge in [-0.3, -0.25) is 0 Å². The second kappa shape index (κ2) is 0.984. The van der Waals surface area contributed by atoms with E-state index in [1.54, 1.807) is 25.7 Å². The minimum atomic E-state index is 1.22. The maximum Gasteiger partial charge on any atom is -0.0352 e. The van der Waals surface area contributed by atoms with Crippen LogP contribution in [0.5, 0.6) is 0 Å². The minimum Gasteiger partial charge on any atom is -0.0499 e. The van der Waals surface area contributed by atoms with Gasteiger partial charge in [0, 0.05) is 0 Å². The second-order valence-electron chi connectivity index (χ2n) is 3.90. The summed E-state index contributed by atoms with van der Waals surface area (Å²) < 4.78 is 0. The van der Waals surface area contributed by atoms with Crippen molar-refractivity contribution in [3.05, 3.63) is 0 Å². The quantitative estimate of drug-likeness (QED) is 0.445. The first-order valence-electron chi connectivity index (χ1n) is 3.95. The highest BCUT2D eigenvalue weighted by Gasteiger charge is 2.56. The van der Waals surface area contributed by atoms with Crippen LogP contribution >= 0.6 is 0 Å². The van der Waals surface area contributed by atoms with Crippen LogP contribution in [0.4, 0.5) is 0 Å². The predicted molar refractivity (Wildman–Crippen MR) is 32.4 cm³/mol. The van der Waals surface area contributed by atoms with Crippen molar-refractivity contribution in [2.45, 2.75) is 25.7 Å². The third kappa shape index (κ3) is 0.340. The largest absolute Gasteiger partial charge is 0.0499 e. The van der Waals surface area contributed by atoms with Gasteiger partial charge in [-0.05, 0) is 49.4 Å². The van der Waals surface area contributed by atoms with Crippen molar-refractivity contribution in [2.24, 2.45) is 23.7 Å². The van der Waals surface area contributed by atoms with Crippen LogP contribution in [0.1, 0.15) is 25.7 Å². The number of fused-ring (bicyclic) bond motifs is 3. The van der Waals surface area contributed by atoms with Gasteiger partial charge in [0.25, 0.3) is 0 Å². The summed E-state index contributed by atoms with van der Waals surface area (Å²) in [7, 11) is 0. The Hall–Kier alpha value is 0. The molecule has 0 aromatic carbocycles. The van der Waals surface area contributed by atoms with Crippen molar-refractivity contribution in [1.82, 2.24) is 0 Å². The molecule has 0 N–H and O–H groups in total.